The van der Waals surface area contributed by atoms with E-state index in [0.29, 0.717) is 23.3 Å². The Morgan fingerprint density at radius 2 is 1.78 bits per heavy atom. The number of aliphatic imine (C=N–C) groups is 1. The highest BCUT2D eigenvalue weighted by Gasteiger charge is 2.19. The van der Waals surface area contributed by atoms with Crippen LogP contribution < -0.4 is 10.6 Å². The Morgan fingerprint density at radius 1 is 1.07 bits per heavy atom. The first-order valence-corrected chi connectivity index (χ1v) is 11.2. The average molecular weight is 409 g/mol. The van der Waals surface area contributed by atoms with E-state index in [1.165, 1.54) is 40.9 Å². The summed E-state index contributed by atoms with van der Waals surface area (Å²) in [7, 11) is -0.303. The fourth-order valence-electron chi connectivity index (χ4n) is 2.51. The third kappa shape index (κ3) is 5.79. The molecule has 148 valence electrons. The Morgan fingerprint density at radius 3 is 2.41 bits per heavy atom. The minimum absolute atomic E-state index is 0.350. The molecule has 2 rings (SSSR count). The summed E-state index contributed by atoms with van der Waals surface area (Å²) < 4.78 is 26.0. The van der Waals surface area contributed by atoms with Gasteiger partial charge in [0.25, 0.3) is 10.0 Å². The second kappa shape index (κ2) is 9.87. The molecule has 2 N–H and O–H groups in total. The lowest BCUT2D eigenvalue weighted by Gasteiger charge is -2.11. The van der Waals surface area contributed by atoms with Crippen molar-refractivity contribution in [3.8, 4) is 0 Å². The summed E-state index contributed by atoms with van der Waals surface area (Å²) in [5, 5.41) is 6.51. The van der Waals surface area contributed by atoms with E-state index >= 15 is 0 Å². The van der Waals surface area contributed by atoms with Crippen LogP contribution in [-0.4, -0.2) is 39.3 Å². The number of aryl methyl sites for hydroxylation is 1. The Kier molecular flexibility index (Phi) is 7.82. The van der Waals surface area contributed by atoms with Gasteiger partial charge in [0.1, 0.15) is 4.21 Å². The molecule has 0 atom stereocenters. The van der Waals surface area contributed by atoms with E-state index in [9.17, 15) is 8.42 Å². The summed E-state index contributed by atoms with van der Waals surface area (Å²) in [5.74, 6) is 0.717. The van der Waals surface area contributed by atoms with Gasteiger partial charge in [0, 0.05) is 25.5 Å². The largest absolute Gasteiger partial charge is 0.357 e. The minimum atomic E-state index is -3.38. The van der Waals surface area contributed by atoms with Crippen LogP contribution in [0.4, 0.5) is 0 Å². The molecule has 0 radical (unpaired) electrons. The first kappa shape index (κ1) is 21.4. The van der Waals surface area contributed by atoms with Crippen LogP contribution in [0.3, 0.4) is 0 Å². The van der Waals surface area contributed by atoms with Crippen LogP contribution in [0.25, 0.3) is 0 Å². The van der Waals surface area contributed by atoms with Crippen LogP contribution in [0, 0.1) is 0 Å². The van der Waals surface area contributed by atoms with Gasteiger partial charge in [0.05, 0.1) is 13.1 Å². The van der Waals surface area contributed by atoms with Crippen LogP contribution in [0.5, 0.6) is 0 Å². The minimum Gasteiger partial charge on any atom is -0.357 e. The van der Waals surface area contributed by atoms with Gasteiger partial charge in [0.15, 0.2) is 5.96 Å². The van der Waals surface area contributed by atoms with Crippen molar-refractivity contribution in [3.05, 3.63) is 52.4 Å². The number of hydrogen-bond donors (Lipinski definition) is 2. The molecule has 6 nitrogen and oxygen atoms in total. The van der Waals surface area contributed by atoms with Crippen LogP contribution in [0.2, 0.25) is 0 Å². The number of benzene rings is 1. The summed E-state index contributed by atoms with van der Waals surface area (Å²) in [6.45, 7) is 6.04. The van der Waals surface area contributed by atoms with Crippen molar-refractivity contribution in [2.24, 2.45) is 4.99 Å². The zero-order valence-electron chi connectivity index (χ0n) is 16.3. The molecule has 0 saturated carbocycles. The first-order valence-electron chi connectivity index (χ1n) is 8.98. The molecule has 1 heterocycles. The Labute approximate surface area is 166 Å². The molecule has 8 heteroatoms. The van der Waals surface area contributed by atoms with Crippen LogP contribution in [-0.2, 0) is 29.5 Å². The maximum absolute atomic E-state index is 12.2. The van der Waals surface area contributed by atoms with E-state index in [4.69, 9.17) is 0 Å². The monoisotopic (exact) mass is 408 g/mol. The lowest BCUT2D eigenvalue weighted by Crippen LogP contribution is -2.36. The number of nitrogens with zero attached hydrogens (tertiary/aromatic N) is 2. The molecule has 1 aromatic carbocycles. The van der Waals surface area contributed by atoms with Gasteiger partial charge in [-0.2, -0.15) is 0 Å². The molecule has 27 heavy (non-hydrogen) atoms. The molecule has 0 fully saturated rings. The van der Waals surface area contributed by atoms with Crippen molar-refractivity contribution in [1.29, 1.82) is 0 Å². The predicted octanol–water partition coefficient (Wildman–Crippen LogP) is 2.82. The molecule has 0 unspecified atom stereocenters. The Bertz CT molecular complexity index is 873. The average Bonchev–Trinajstić information content (AvgIpc) is 3.14. The summed E-state index contributed by atoms with van der Waals surface area (Å²) >= 11 is 1.27. The van der Waals surface area contributed by atoms with Gasteiger partial charge in [0.2, 0.25) is 0 Å². The number of guanidine groups is 1. The van der Waals surface area contributed by atoms with Gasteiger partial charge in [-0.3, -0.25) is 0 Å². The first-order chi connectivity index (χ1) is 12.9. The molecule has 0 spiro atoms. The van der Waals surface area contributed by atoms with E-state index in [1.54, 1.807) is 6.07 Å². The van der Waals surface area contributed by atoms with Crippen LogP contribution >= 0.6 is 11.3 Å². The number of hydrogen-bond acceptors (Lipinski definition) is 4. The number of rotatable bonds is 8. The third-order valence-electron chi connectivity index (χ3n) is 4.05. The summed E-state index contributed by atoms with van der Waals surface area (Å²) in [6.07, 6.45) is 0.980. The Balaban J connectivity index is 2.05. The zero-order valence-corrected chi connectivity index (χ0v) is 18.0. The topological polar surface area (TPSA) is 73.8 Å². The normalized spacial score (nSPS) is 12.4. The molecule has 0 aliphatic rings. The van der Waals surface area contributed by atoms with Crippen molar-refractivity contribution in [2.75, 3.05) is 20.6 Å². The molecule has 0 bridgehead atoms. The van der Waals surface area contributed by atoms with E-state index in [0.717, 1.165) is 17.8 Å². The van der Waals surface area contributed by atoms with Gasteiger partial charge >= 0.3 is 0 Å². The molecule has 0 saturated heterocycles. The second-order valence-corrected chi connectivity index (χ2v) is 9.73. The van der Waals surface area contributed by atoms with E-state index in [-0.39, 0.29) is 0 Å². The summed E-state index contributed by atoms with van der Waals surface area (Å²) in [4.78, 5) is 5.60. The van der Waals surface area contributed by atoms with E-state index in [2.05, 4.69) is 34.7 Å². The van der Waals surface area contributed by atoms with Crippen molar-refractivity contribution in [1.82, 2.24) is 14.9 Å². The molecule has 0 amide bonds. The fourth-order valence-corrected chi connectivity index (χ4v) is 4.97. The maximum atomic E-state index is 12.2. The smallest absolute Gasteiger partial charge is 0.252 e. The van der Waals surface area contributed by atoms with Gasteiger partial charge in [-0.25, -0.2) is 17.7 Å². The predicted molar refractivity (Wildman–Crippen MR) is 113 cm³/mol. The van der Waals surface area contributed by atoms with Gasteiger partial charge in [-0.05, 0) is 36.6 Å². The Hall–Kier alpha value is -1.90. The van der Waals surface area contributed by atoms with Gasteiger partial charge in [-0.1, -0.05) is 31.2 Å². The number of thiophene rings is 1. The summed E-state index contributed by atoms with van der Waals surface area (Å²) in [6, 6.07) is 11.8. The van der Waals surface area contributed by atoms with Gasteiger partial charge < -0.3 is 10.6 Å². The van der Waals surface area contributed by atoms with Crippen molar-refractivity contribution in [2.45, 2.75) is 37.6 Å². The molecular formula is C19H28N4O2S2. The lowest BCUT2D eigenvalue weighted by atomic mass is 10.1. The molecule has 1 aromatic heterocycles. The molecular weight excluding hydrogens is 380 g/mol. The van der Waals surface area contributed by atoms with Crippen LogP contribution in [0.15, 0.2) is 45.6 Å². The van der Waals surface area contributed by atoms with Crippen molar-refractivity contribution < 1.29 is 8.42 Å². The highest BCUT2D eigenvalue weighted by Crippen LogP contribution is 2.23. The standard InChI is InChI=1S/C19H28N4O2S2/c1-5-15-9-7-8-10-16(15)13-21-19(20-6-2)22-14-17-11-12-18(26-17)27(24,25)23(3)4/h7-12H,5-6,13-14H2,1-4H3,(H2,20,21,22). The quantitative estimate of drug-likeness (QED) is 0.520. The van der Waals surface area contributed by atoms with Crippen molar-refractivity contribution >= 4 is 27.3 Å². The maximum Gasteiger partial charge on any atom is 0.252 e. The number of sulfonamides is 1. The lowest BCUT2D eigenvalue weighted by molar-refractivity contribution is 0.523. The zero-order chi connectivity index (χ0) is 19.9. The van der Waals surface area contributed by atoms with Gasteiger partial charge in [-0.15, -0.1) is 11.3 Å². The summed E-state index contributed by atoms with van der Waals surface area (Å²) in [5.41, 5.74) is 2.52. The SMILES string of the molecule is CCNC(=NCc1ccccc1CC)NCc1ccc(S(=O)(=O)N(C)C)s1. The molecule has 0 aliphatic carbocycles. The third-order valence-corrected chi connectivity index (χ3v) is 7.42. The van der Waals surface area contributed by atoms with Crippen LogP contribution in [0.1, 0.15) is 29.9 Å². The highest BCUT2D eigenvalue weighted by molar-refractivity contribution is 7.91. The van der Waals surface area contributed by atoms with E-state index < -0.39 is 10.0 Å². The van der Waals surface area contributed by atoms with E-state index in [1.807, 2.05) is 25.1 Å². The molecule has 0 aliphatic heterocycles. The highest BCUT2D eigenvalue weighted by atomic mass is 32.2. The van der Waals surface area contributed by atoms with Crippen molar-refractivity contribution in [3.63, 3.8) is 0 Å². The molecule has 2 aromatic rings. The second-order valence-electron chi connectivity index (χ2n) is 6.18. The number of nitrogens with one attached hydrogen (secondary N) is 2. The fraction of sp³-hybridized carbons (Fsp3) is 0.421.